The van der Waals surface area contributed by atoms with Crippen molar-refractivity contribution >= 4 is 0 Å². The monoisotopic (exact) mass is 77.0 g/mol. The summed E-state index contributed by atoms with van der Waals surface area (Å²) in [6.45, 7) is 0. The van der Waals surface area contributed by atoms with Crippen LogP contribution in [0.3, 0.4) is 0 Å². The highest BCUT2D eigenvalue weighted by molar-refractivity contribution is 5.61. The first-order chi connectivity index (χ1) is 2.93. The molecule has 0 amide bonds. The molecule has 4 saturated carbocycles. The summed E-state index contributed by atoms with van der Waals surface area (Å²) in [7, 11) is 0. The Labute approximate surface area is 35.6 Å². The molecule has 0 aliphatic heterocycles. The second-order valence-electron chi connectivity index (χ2n) is 2.62. The topological polar surface area (TPSA) is 23.8 Å². The SMILES string of the molecule is N#CC12C3C1C32. The van der Waals surface area contributed by atoms with Gasteiger partial charge in [-0.15, -0.1) is 0 Å². The molecular weight excluding hydrogens is 74.1 g/mol. The highest BCUT2D eigenvalue weighted by atomic mass is 15.1. The van der Waals surface area contributed by atoms with Crippen LogP contribution in [0.15, 0.2) is 0 Å². The lowest BCUT2D eigenvalue weighted by molar-refractivity contribution is 1.09. The lowest BCUT2D eigenvalue weighted by Crippen LogP contribution is -1.57. The van der Waals surface area contributed by atoms with E-state index < -0.39 is 0 Å². The third kappa shape index (κ3) is 0.0361. The molecule has 28 valence electrons. The van der Waals surface area contributed by atoms with Crippen LogP contribution in [-0.2, 0) is 0 Å². The van der Waals surface area contributed by atoms with Gasteiger partial charge in [-0.25, -0.2) is 0 Å². The minimum absolute atomic E-state index is 0.347. The third-order valence-corrected chi connectivity index (χ3v) is 2.54. The normalized spacial score (nSPS) is 86.8. The molecule has 4 fully saturated rings. The summed E-state index contributed by atoms with van der Waals surface area (Å²) in [6, 6.07) is 2.33. The van der Waals surface area contributed by atoms with E-state index in [1.165, 1.54) is 0 Å². The maximum absolute atomic E-state index is 8.28. The first kappa shape index (κ1) is 1.97. The summed E-state index contributed by atoms with van der Waals surface area (Å²) in [5.41, 5.74) is 0.347. The molecule has 4 aliphatic rings. The smallest absolute Gasteiger partial charge is 0.0699 e. The Morgan fingerprint density at radius 3 is 1.83 bits per heavy atom. The molecule has 0 heterocycles. The van der Waals surface area contributed by atoms with Crippen molar-refractivity contribution in [3.8, 4) is 6.07 Å². The fourth-order valence-electron chi connectivity index (χ4n) is 1.57. The Balaban J connectivity index is 2.35. The fraction of sp³-hybridized carbons (Fsp3) is 0.800. The number of nitrogens with zero attached hydrogens (tertiary/aromatic N) is 1. The molecule has 0 unspecified atom stereocenters. The van der Waals surface area contributed by atoms with Gasteiger partial charge in [-0.2, -0.15) is 5.26 Å². The standard InChI is InChI=1S/C5H3N/c6-1-5-2-3(5)4(2)5/h2-4H. The van der Waals surface area contributed by atoms with Gasteiger partial charge in [0.25, 0.3) is 0 Å². The highest BCUT2D eigenvalue weighted by Gasteiger charge is 3.10. The second-order valence-corrected chi connectivity index (χ2v) is 2.62. The largest absolute Gasteiger partial charge is 0.198 e. The number of nitriles is 1. The van der Waals surface area contributed by atoms with E-state index in [0.717, 1.165) is 17.8 Å². The molecule has 0 aromatic rings. The van der Waals surface area contributed by atoms with Gasteiger partial charge in [0.2, 0.25) is 0 Å². The Bertz CT molecular complexity index is 149. The van der Waals surface area contributed by atoms with Gasteiger partial charge in [-0.1, -0.05) is 0 Å². The number of hydrogen-bond acceptors (Lipinski definition) is 1. The van der Waals surface area contributed by atoms with Gasteiger partial charge in [-0.3, -0.25) is 0 Å². The fourth-order valence-corrected chi connectivity index (χ4v) is 1.57. The Hall–Kier alpha value is -0.510. The van der Waals surface area contributed by atoms with Gasteiger partial charge in [0.05, 0.1) is 11.5 Å². The van der Waals surface area contributed by atoms with E-state index in [0.29, 0.717) is 5.41 Å². The predicted octanol–water partition coefficient (Wildman–Crippen LogP) is 0.386. The molecule has 0 atom stereocenters. The molecular formula is C5H3N. The zero-order valence-electron chi connectivity index (χ0n) is 3.18. The maximum Gasteiger partial charge on any atom is 0.0699 e. The molecule has 0 spiro atoms. The quantitative estimate of drug-likeness (QED) is 0.410. The van der Waals surface area contributed by atoms with Crippen molar-refractivity contribution in [3.05, 3.63) is 0 Å². The minimum Gasteiger partial charge on any atom is -0.198 e. The van der Waals surface area contributed by atoms with Crippen molar-refractivity contribution in [2.24, 2.45) is 23.2 Å². The van der Waals surface area contributed by atoms with E-state index >= 15 is 0 Å². The summed E-state index contributed by atoms with van der Waals surface area (Å²) in [5, 5.41) is 8.28. The predicted molar refractivity (Wildman–Crippen MR) is 18.5 cm³/mol. The lowest BCUT2D eigenvalue weighted by Gasteiger charge is -1.53. The van der Waals surface area contributed by atoms with E-state index in [1.54, 1.807) is 0 Å². The van der Waals surface area contributed by atoms with Crippen molar-refractivity contribution in [3.63, 3.8) is 0 Å². The molecule has 1 heteroatoms. The number of hydrogen-bond donors (Lipinski definition) is 0. The molecule has 0 aromatic heterocycles. The molecule has 0 bridgehead atoms. The van der Waals surface area contributed by atoms with Crippen LogP contribution in [0.1, 0.15) is 0 Å². The third-order valence-electron chi connectivity index (χ3n) is 2.54. The van der Waals surface area contributed by atoms with Crippen LogP contribution < -0.4 is 0 Å². The van der Waals surface area contributed by atoms with E-state index in [9.17, 15) is 0 Å². The summed E-state index contributed by atoms with van der Waals surface area (Å²) in [6.07, 6.45) is 0. The van der Waals surface area contributed by atoms with Gasteiger partial charge < -0.3 is 0 Å². The van der Waals surface area contributed by atoms with Crippen LogP contribution in [0.25, 0.3) is 0 Å². The average Bonchev–Trinajstić information content (AvgIpc) is 2.35. The summed E-state index contributed by atoms with van der Waals surface area (Å²) in [4.78, 5) is 0. The molecule has 0 N–H and O–H groups in total. The van der Waals surface area contributed by atoms with E-state index in [4.69, 9.17) is 5.26 Å². The van der Waals surface area contributed by atoms with Gasteiger partial charge in [0.15, 0.2) is 0 Å². The highest BCUT2D eigenvalue weighted by Crippen LogP contribution is 3.09. The van der Waals surface area contributed by atoms with E-state index in [2.05, 4.69) is 6.07 Å². The van der Waals surface area contributed by atoms with Crippen molar-refractivity contribution in [1.82, 2.24) is 0 Å². The molecule has 4 rings (SSSR count). The molecule has 4 aliphatic carbocycles. The van der Waals surface area contributed by atoms with E-state index in [-0.39, 0.29) is 0 Å². The first-order valence-electron chi connectivity index (χ1n) is 2.34. The zero-order chi connectivity index (χ0) is 3.94. The zero-order valence-corrected chi connectivity index (χ0v) is 3.18. The molecule has 6 heavy (non-hydrogen) atoms. The van der Waals surface area contributed by atoms with Crippen molar-refractivity contribution in [2.45, 2.75) is 0 Å². The lowest BCUT2D eigenvalue weighted by atomic mass is 10.5. The summed E-state index contributed by atoms with van der Waals surface area (Å²) in [5.74, 6) is 2.80. The van der Waals surface area contributed by atoms with Crippen molar-refractivity contribution in [1.29, 1.82) is 5.26 Å². The van der Waals surface area contributed by atoms with Crippen molar-refractivity contribution in [2.75, 3.05) is 0 Å². The van der Waals surface area contributed by atoms with Crippen LogP contribution in [-0.4, -0.2) is 0 Å². The van der Waals surface area contributed by atoms with Crippen LogP contribution in [0.5, 0.6) is 0 Å². The van der Waals surface area contributed by atoms with Crippen LogP contribution in [0.2, 0.25) is 0 Å². The van der Waals surface area contributed by atoms with Crippen LogP contribution in [0.4, 0.5) is 0 Å². The average molecular weight is 77.1 g/mol. The minimum atomic E-state index is 0.347. The van der Waals surface area contributed by atoms with Crippen molar-refractivity contribution < 1.29 is 0 Å². The van der Waals surface area contributed by atoms with Gasteiger partial charge in [-0.05, 0) is 17.8 Å². The Morgan fingerprint density at radius 2 is 1.83 bits per heavy atom. The molecule has 0 aromatic carbocycles. The molecule has 0 radical (unpaired) electrons. The first-order valence-corrected chi connectivity index (χ1v) is 2.34. The van der Waals surface area contributed by atoms with Gasteiger partial charge >= 0.3 is 0 Å². The van der Waals surface area contributed by atoms with Gasteiger partial charge in [0, 0.05) is 0 Å². The Kier molecular flexibility index (Phi) is 0.0749. The summed E-state index contributed by atoms with van der Waals surface area (Å²) >= 11 is 0. The molecule has 0 saturated heterocycles. The van der Waals surface area contributed by atoms with Crippen LogP contribution in [0, 0.1) is 34.5 Å². The molecule has 1 nitrogen and oxygen atoms in total. The van der Waals surface area contributed by atoms with E-state index in [1.807, 2.05) is 0 Å². The maximum atomic E-state index is 8.28. The number of rotatable bonds is 0. The summed E-state index contributed by atoms with van der Waals surface area (Å²) < 4.78 is 0. The van der Waals surface area contributed by atoms with Crippen LogP contribution >= 0.6 is 0 Å². The van der Waals surface area contributed by atoms with Gasteiger partial charge in [0.1, 0.15) is 0 Å². The Morgan fingerprint density at radius 1 is 1.33 bits per heavy atom. The second kappa shape index (κ2) is 0.228.